The van der Waals surface area contributed by atoms with Crippen molar-refractivity contribution in [3.63, 3.8) is 0 Å². The zero-order valence-corrected chi connectivity index (χ0v) is 16.9. The lowest BCUT2D eigenvalue weighted by molar-refractivity contribution is -0.121. The molecule has 30 heavy (non-hydrogen) atoms. The van der Waals surface area contributed by atoms with E-state index in [0.29, 0.717) is 18.8 Å². The molecule has 1 aliphatic rings. The van der Waals surface area contributed by atoms with Crippen molar-refractivity contribution in [2.24, 2.45) is 0 Å². The molecule has 8 heteroatoms. The summed E-state index contributed by atoms with van der Waals surface area (Å²) in [5.74, 6) is -0.222. The number of aromatic nitrogens is 3. The Bertz CT molecular complexity index is 1040. The summed E-state index contributed by atoms with van der Waals surface area (Å²) >= 11 is 0. The van der Waals surface area contributed by atoms with E-state index in [0.717, 1.165) is 11.1 Å². The Balaban J connectivity index is 1.51. The van der Waals surface area contributed by atoms with Crippen molar-refractivity contribution in [2.45, 2.75) is 38.1 Å². The van der Waals surface area contributed by atoms with Crippen molar-refractivity contribution in [1.29, 1.82) is 0 Å². The van der Waals surface area contributed by atoms with Gasteiger partial charge in [0.15, 0.2) is 12.0 Å². The van der Waals surface area contributed by atoms with Gasteiger partial charge in [-0.2, -0.15) is 5.10 Å². The van der Waals surface area contributed by atoms with E-state index >= 15 is 0 Å². The Labute approximate surface area is 174 Å². The van der Waals surface area contributed by atoms with Gasteiger partial charge >= 0.3 is 0 Å². The Kier molecular flexibility index (Phi) is 5.61. The number of fused-ring (bicyclic) bond motifs is 1. The van der Waals surface area contributed by atoms with Gasteiger partial charge in [-0.25, -0.2) is 9.37 Å². The summed E-state index contributed by atoms with van der Waals surface area (Å²) in [6.07, 6.45) is 1.93. The standard InChI is InChI=1S/C22H24FN5O2/c1-14-11-18(22(30)27(2)20-16(14)9-6-10-24-20)25-21(29)19-17(23)13-28(26-19)12-15-7-4-3-5-8-15/h3-10,13-14,18,21,25,29H,11-12H2,1-2H3/t14-,18+,21?/m0/s1. The topological polar surface area (TPSA) is 83.3 Å². The van der Waals surface area contributed by atoms with Crippen molar-refractivity contribution in [3.05, 3.63) is 77.5 Å². The molecule has 0 fully saturated rings. The number of amides is 1. The molecule has 0 bridgehead atoms. The van der Waals surface area contributed by atoms with E-state index in [1.54, 1.807) is 13.2 Å². The van der Waals surface area contributed by atoms with Crippen LogP contribution in [0.3, 0.4) is 0 Å². The van der Waals surface area contributed by atoms with Crippen LogP contribution < -0.4 is 10.2 Å². The maximum Gasteiger partial charge on any atom is 0.245 e. The summed E-state index contributed by atoms with van der Waals surface area (Å²) in [5, 5.41) is 17.7. The highest BCUT2D eigenvalue weighted by Gasteiger charge is 2.34. The predicted molar refractivity (Wildman–Crippen MR) is 110 cm³/mol. The van der Waals surface area contributed by atoms with Gasteiger partial charge < -0.3 is 5.11 Å². The van der Waals surface area contributed by atoms with E-state index in [9.17, 15) is 14.3 Å². The summed E-state index contributed by atoms with van der Waals surface area (Å²) < 4.78 is 15.9. The number of carbonyl (C=O) groups is 1. The number of halogens is 1. The van der Waals surface area contributed by atoms with E-state index in [4.69, 9.17) is 0 Å². The van der Waals surface area contributed by atoms with Crippen LogP contribution in [0.5, 0.6) is 0 Å². The van der Waals surface area contributed by atoms with Gasteiger partial charge in [0.1, 0.15) is 11.5 Å². The number of pyridine rings is 1. The van der Waals surface area contributed by atoms with Crippen LogP contribution in [0, 0.1) is 5.82 Å². The maximum absolute atomic E-state index is 14.5. The van der Waals surface area contributed by atoms with Gasteiger partial charge in [0.05, 0.1) is 18.8 Å². The minimum Gasteiger partial charge on any atom is -0.372 e. The molecule has 2 N–H and O–H groups in total. The molecule has 0 saturated carbocycles. The molecule has 3 atom stereocenters. The van der Waals surface area contributed by atoms with Crippen LogP contribution in [0.15, 0.2) is 54.9 Å². The van der Waals surface area contributed by atoms with Crippen LogP contribution >= 0.6 is 0 Å². The zero-order chi connectivity index (χ0) is 21.3. The van der Waals surface area contributed by atoms with Crippen molar-refractivity contribution < 1.29 is 14.3 Å². The van der Waals surface area contributed by atoms with Crippen LogP contribution in [0.1, 0.15) is 42.3 Å². The molecule has 1 unspecified atom stereocenters. The second-order valence-electron chi connectivity index (χ2n) is 7.62. The first-order valence-corrected chi connectivity index (χ1v) is 9.87. The van der Waals surface area contributed by atoms with Gasteiger partial charge in [-0.3, -0.25) is 19.7 Å². The fraction of sp³-hybridized carbons (Fsp3) is 0.318. The number of rotatable bonds is 5. The molecule has 3 heterocycles. The van der Waals surface area contributed by atoms with Gasteiger partial charge in [0, 0.05) is 13.2 Å². The molecule has 3 aromatic rings. The Hall–Kier alpha value is -3.10. The average Bonchev–Trinajstić information content (AvgIpc) is 3.09. The maximum atomic E-state index is 14.5. The van der Waals surface area contributed by atoms with Crippen molar-refractivity contribution in [1.82, 2.24) is 20.1 Å². The Morgan fingerprint density at radius 1 is 1.27 bits per heavy atom. The number of hydrogen-bond donors (Lipinski definition) is 2. The molecular formula is C22H24FN5O2. The van der Waals surface area contributed by atoms with Gasteiger partial charge in [-0.15, -0.1) is 0 Å². The second kappa shape index (κ2) is 8.33. The summed E-state index contributed by atoms with van der Waals surface area (Å²) in [7, 11) is 1.66. The number of hydrogen-bond acceptors (Lipinski definition) is 5. The molecular weight excluding hydrogens is 385 g/mol. The third-order valence-corrected chi connectivity index (χ3v) is 5.43. The van der Waals surface area contributed by atoms with E-state index in [1.807, 2.05) is 49.4 Å². The molecule has 0 radical (unpaired) electrons. The van der Waals surface area contributed by atoms with E-state index in [2.05, 4.69) is 15.4 Å². The number of nitrogens with zero attached hydrogens (tertiary/aromatic N) is 4. The van der Waals surface area contributed by atoms with Gasteiger partial charge in [0.2, 0.25) is 5.91 Å². The molecule has 0 saturated heterocycles. The molecule has 4 rings (SSSR count). The minimum atomic E-state index is -1.41. The SMILES string of the molecule is C[C@H]1C[C@@H](NC(O)c2nn(Cc3ccccc3)cc2F)C(=O)N(C)c2ncccc21. The molecule has 7 nitrogen and oxygen atoms in total. The molecule has 0 spiro atoms. The van der Waals surface area contributed by atoms with Crippen LogP contribution in [0.25, 0.3) is 0 Å². The quantitative estimate of drug-likeness (QED) is 0.633. The van der Waals surface area contributed by atoms with Gasteiger partial charge in [-0.1, -0.05) is 43.3 Å². The monoisotopic (exact) mass is 409 g/mol. The van der Waals surface area contributed by atoms with Crippen molar-refractivity contribution in [2.75, 3.05) is 11.9 Å². The lowest BCUT2D eigenvalue weighted by Crippen LogP contribution is -2.46. The lowest BCUT2D eigenvalue weighted by atomic mass is 9.95. The van der Waals surface area contributed by atoms with Crippen LogP contribution in [-0.2, 0) is 11.3 Å². The van der Waals surface area contributed by atoms with Crippen LogP contribution in [0.4, 0.5) is 10.2 Å². The Morgan fingerprint density at radius 3 is 2.80 bits per heavy atom. The predicted octanol–water partition coefficient (Wildman–Crippen LogP) is 2.58. The first kappa shape index (κ1) is 20.2. The molecule has 1 aliphatic heterocycles. The van der Waals surface area contributed by atoms with Gasteiger partial charge in [0.25, 0.3) is 0 Å². The van der Waals surface area contributed by atoms with E-state index in [-0.39, 0.29) is 17.5 Å². The zero-order valence-electron chi connectivity index (χ0n) is 16.9. The van der Waals surface area contributed by atoms with E-state index in [1.165, 1.54) is 15.8 Å². The first-order valence-electron chi connectivity index (χ1n) is 9.87. The molecule has 1 aromatic carbocycles. The summed E-state index contributed by atoms with van der Waals surface area (Å²) in [6.45, 7) is 2.39. The van der Waals surface area contributed by atoms with Gasteiger partial charge in [-0.05, 0) is 29.5 Å². The summed E-state index contributed by atoms with van der Waals surface area (Å²) in [4.78, 5) is 18.8. The Morgan fingerprint density at radius 2 is 2.03 bits per heavy atom. The number of likely N-dealkylation sites (N-methyl/N-ethyl adjacent to an activating group) is 1. The smallest absolute Gasteiger partial charge is 0.245 e. The number of aliphatic hydroxyl groups is 1. The minimum absolute atomic E-state index is 0.0350. The highest BCUT2D eigenvalue weighted by atomic mass is 19.1. The second-order valence-corrected chi connectivity index (χ2v) is 7.62. The number of carbonyl (C=O) groups excluding carboxylic acids is 1. The normalized spacial score (nSPS) is 20.0. The molecule has 0 aliphatic carbocycles. The molecule has 1 amide bonds. The number of nitrogens with one attached hydrogen (secondary N) is 1. The summed E-state index contributed by atoms with van der Waals surface area (Å²) in [6, 6.07) is 12.6. The largest absolute Gasteiger partial charge is 0.372 e. The molecule has 156 valence electrons. The fourth-order valence-corrected chi connectivity index (χ4v) is 3.85. The first-order chi connectivity index (χ1) is 14.4. The number of anilines is 1. The van der Waals surface area contributed by atoms with Crippen LogP contribution in [-0.4, -0.2) is 38.9 Å². The van der Waals surface area contributed by atoms with E-state index < -0.39 is 18.1 Å². The highest BCUT2D eigenvalue weighted by Crippen LogP contribution is 2.32. The molecule has 2 aromatic heterocycles. The average molecular weight is 409 g/mol. The number of benzene rings is 1. The highest BCUT2D eigenvalue weighted by molar-refractivity contribution is 5.97. The fourth-order valence-electron chi connectivity index (χ4n) is 3.85. The third-order valence-electron chi connectivity index (χ3n) is 5.43. The summed E-state index contributed by atoms with van der Waals surface area (Å²) in [5.41, 5.74) is 1.80. The van der Waals surface area contributed by atoms with Crippen molar-refractivity contribution >= 4 is 11.7 Å². The van der Waals surface area contributed by atoms with Crippen LogP contribution in [0.2, 0.25) is 0 Å². The third kappa shape index (κ3) is 3.96. The van der Waals surface area contributed by atoms with Crippen molar-refractivity contribution in [3.8, 4) is 0 Å². The number of aliphatic hydroxyl groups excluding tert-OH is 1. The lowest BCUT2D eigenvalue weighted by Gasteiger charge is -2.23.